The van der Waals surface area contributed by atoms with Gasteiger partial charge >= 0.3 is 0 Å². The third-order valence-corrected chi connectivity index (χ3v) is 5.46. The van der Waals surface area contributed by atoms with Gasteiger partial charge in [-0.25, -0.2) is 4.39 Å². The Morgan fingerprint density at radius 2 is 2.10 bits per heavy atom. The fourth-order valence-electron chi connectivity index (χ4n) is 3.96. The maximum atomic E-state index is 14.1. The molecule has 3 rings (SSSR count). The van der Waals surface area contributed by atoms with Gasteiger partial charge in [0.15, 0.2) is 0 Å². The zero-order valence-electron chi connectivity index (χ0n) is 12.1. The van der Waals surface area contributed by atoms with Gasteiger partial charge in [0, 0.05) is 11.0 Å². The van der Waals surface area contributed by atoms with Crippen LogP contribution in [0.5, 0.6) is 0 Å². The monoisotopic (exact) mass is 339 g/mol. The molecule has 2 atom stereocenters. The first-order valence-corrected chi connectivity index (χ1v) is 8.56. The van der Waals surface area contributed by atoms with Gasteiger partial charge in [-0.15, -0.1) is 0 Å². The van der Waals surface area contributed by atoms with Crippen molar-refractivity contribution in [2.45, 2.75) is 39.0 Å². The molecule has 20 heavy (non-hydrogen) atoms. The smallest absolute Gasteiger partial charge is 0.127 e. The number of rotatable bonds is 6. The van der Waals surface area contributed by atoms with E-state index in [0.717, 1.165) is 47.8 Å². The lowest BCUT2D eigenvalue weighted by molar-refractivity contribution is 0.246. The minimum atomic E-state index is -0.0604. The summed E-state index contributed by atoms with van der Waals surface area (Å²) in [5.74, 6) is 1.80. The normalized spacial score (nSPS) is 31.4. The third-order valence-electron chi connectivity index (χ3n) is 4.97. The van der Waals surface area contributed by atoms with Gasteiger partial charge in [0.05, 0.1) is 0 Å². The van der Waals surface area contributed by atoms with Crippen LogP contribution in [0.4, 0.5) is 4.39 Å². The van der Waals surface area contributed by atoms with Crippen LogP contribution in [0.25, 0.3) is 0 Å². The predicted octanol–water partition coefficient (Wildman–Crippen LogP) is 4.55. The molecular weight excluding hydrogens is 317 g/mol. The first-order chi connectivity index (χ1) is 9.62. The molecule has 0 radical (unpaired) electrons. The van der Waals surface area contributed by atoms with E-state index in [0.29, 0.717) is 0 Å². The van der Waals surface area contributed by atoms with Gasteiger partial charge in [0.2, 0.25) is 0 Å². The molecule has 0 saturated heterocycles. The summed E-state index contributed by atoms with van der Waals surface area (Å²) in [6.07, 6.45) is 6.03. The van der Waals surface area contributed by atoms with Crippen molar-refractivity contribution in [2.24, 2.45) is 17.3 Å². The molecule has 0 bridgehead atoms. The highest BCUT2D eigenvalue weighted by molar-refractivity contribution is 9.10. The van der Waals surface area contributed by atoms with E-state index in [1.54, 1.807) is 6.07 Å². The van der Waals surface area contributed by atoms with Gasteiger partial charge in [-0.2, -0.15) is 0 Å². The van der Waals surface area contributed by atoms with Gasteiger partial charge in [0.25, 0.3) is 0 Å². The van der Waals surface area contributed by atoms with Crippen molar-refractivity contribution in [3.8, 4) is 0 Å². The Balaban J connectivity index is 1.72. The fraction of sp³-hybridized carbons (Fsp3) is 0.647. The summed E-state index contributed by atoms with van der Waals surface area (Å²) in [6.45, 7) is 4.31. The number of halogens is 2. The molecule has 0 aliphatic heterocycles. The Morgan fingerprint density at radius 3 is 2.75 bits per heavy atom. The van der Waals surface area contributed by atoms with Gasteiger partial charge < -0.3 is 5.32 Å². The van der Waals surface area contributed by atoms with Crippen molar-refractivity contribution < 1.29 is 4.39 Å². The number of nitrogens with one attached hydrogen (secondary N) is 1. The van der Waals surface area contributed by atoms with Crippen LogP contribution in [0.3, 0.4) is 0 Å². The van der Waals surface area contributed by atoms with Crippen LogP contribution in [-0.2, 0) is 6.42 Å². The van der Waals surface area contributed by atoms with Gasteiger partial charge in [0.1, 0.15) is 5.82 Å². The van der Waals surface area contributed by atoms with Crippen LogP contribution in [0.15, 0.2) is 22.7 Å². The zero-order valence-corrected chi connectivity index (χ0v) is 13.7. The Morgan fingerprint density at radius 1 is 1.35 bits per heavy atom. The van der Waals surface area contributed by atoms with Crippen LogP contribution in [0.1, 0.15) is 38.2 Å². The van der Waals surface area contributed by atoms with E-state index in [1.807, 2.05) is 12.1 Å². The summed E-state index contributed by atoms with van der Waals surface area (Å²) in [5.41, 5.74) is 1.17. The van der Waals surface area contributed by atoms with E-state index in [4.69, 9.17) is 0 Å². The maximum absolute atomic E-state index is 14.1. The van der Waals surface area contributed by atoms with Crippen molar-refractivity contribution in [3.63, 3.8) is 0 Å². The average molecular weight is 340 g/mol. The largest absolute Gasteiger partial charge is 0.316 e. The Kier molecular flexibility index (Phi) is 4.19. The highest BCUT2D eigenvalue weighted by Gasteiger charge is 2.53. The molecule has 0 heterocycles. The second-order valence-electron chi connectivity index (χ2n) is 6.75. The van der Waals surface area contributed by atoms with Crippen LogP contribution < -0.4 is 5.32 Å². The Bertz CT molecular complexity index is 478. The average Bonchev–Trinajstić information content (AvgIpc) is 3.02. The van der Waals surface area contributed by atoms with Crippen LogP contribution >= 0.6 is 15.9 Å². The molecule has 0 amide bonds. The van der Waals surface area contributed by atoms with Gasteiger partial charge in [-0.1, -0.05) is 28.9 Å². The number of hydrogen-bond donors (Lipinski definition) is 1. The lowest BCUT2D eigenvalue weighted by Crippen LogP contribution is -2.35. The minimum absolute atomic E-state index is 0.0604. The van der Waals surface area contributed by atoms with Crippen molar-refractivity contribution in [2.75, 3.05) is 13.1 Å². The first-order valence-electron chi connectivity index (χ1n) is 7.76. The molecule has 1 aromatic rings. The Labute approximate surface area is 129 Å². The molecular formula is C17H23BrFN. The summed E-state index contributed by atoms with van der Waals surface area (Å²) in [7, 11) is 0. The summed E-state index contributed by atoms with van der Waals surface area (Å²) in [4.78, 5) is 0. The maximum Gasteiger partial charge on any atom is 0.127 e. The van der Waals surface area contributed by atoms with E-state index in [1.165, 1.54) is 19.3 Å². The van der Waals surface area contributed by atoms with Crippen LogP contribution in [0.2, 0.25) is 0 Å². The lowest BCUT2D eigenvalue weighted by atomic mass is 9.77. The molecule has 1 nitrogen and oxygen atoms in total. The molecule has 2 fully saturated rings. The van der Waals surface area contributed by atoms with Crippen molar-refractivity contribution in [3.05, 3.63) is 34.1 Å². The number of fused-ring (bicyclic) bond motifs is 1. The van der Waals surface area contributed by atoms with Gasteiger partial charge in [-0.05, 0) is 73.6 Å². The Hall–Kier alpha value is -0.410. The molecule has 110 valence electrons. The predicted molar refractivity (Wildman–Crippen MR) is 84.2 cm³/mol. The van der Waals surface area contributed by atoms with E-state index < -0.39 is 0 Å². The molecule has 2 saturated carbocycles. The standard InChI is InChI=1S/C17H23BrFN/c1-2-5-20-11-17(9-13-6-14(13)10-17)8-12-3-4-15(18)7-16(12)19/h3-4,7,13-14,20H,2,5-6,8-11H2,1H3. The van der Waals surface area contributed by atoms with E-state index in [2.05, 4.69) is 28.2 Å². The summed E-state index contributed by atoms with van der Waals surface area (Å²) in [6, 6.07) is 5.50. The molecule has 2 unspecified atom stereocenters. The second-order valence-corrected chi connectivity index (χ2v) is 7.67. The van der Waals surface area contributed by atoms with Crippen molar-refractivity contribution in [1.29, 1.82) is 0 Å². The van der Waals surface area contributed by atoms with Crippen molar-refractivity contribution in [1.82, 2.24) is 5.32 Å². The van der Waals surface area contributed by atoms with E-state index >= 15 is 0 Å². The molecule has 0 aromatic heterocycles. The summed E-state index contributed by atoms with van der Waals surface area (Å²) in [5, 5.41) is 3.58. The second kappa shape index (κ2) is 5.76. The van der Waals surface area contributed by atoms with Crippen LogP contribution in [-0.4, -0.2) is 13.1 Å². The highest BCUT2D eigenvalue weighted by Crippen LogP contribution is 2.60. The topological polar surface area (TPSA) is 12.0 Å². The van der Waals surface area contributed by atoms with Crippen molar-refractivity contribution >= 4 is 15.9 Å². The zero-order chi connectivity index (χ0) is 14.2. The molecule has 2 aliphatic rings. The van der Waals surface area contributed by atoms with Crippen LogP contribution in [0, 0.1) is 23.1 Å². The molecule has 1 aromatic carbocycles. The highest BCUT2D eigenvalue weighted by atomic mass is 79.9. The summed E-state index contributed by atoms with van der Waals surface area (Å²) >= 11 is 3.34. The first kappa shape index (κ1) is 14.5. The summed E-state index contributed by atoms with van der Waals surface area (Å²) < 4.78 is 14.9. The number of hydrogen-bond acceptors (Lipinski definition) is 1. The van der Waals surface area contributed by atoms with E-state index in [9.17, 15) is 4.39 Å². The lowest BCUT2D eigenvalue weighted by Gasteiger charge is -2.32. The van der Waals surface area contributed by atoms with E-state index in [-0.39, 0.29) is 11.2 Å². The fourth-order valence-corrected chi connectivity index (χ4v) is 4.29. The molecule has 2 aliphatic carbocycles. The SMILES string of the molecule is CCCNCC1(Cc2ccc(Br)cc2F)CC2CC2C1. The third kappa shape index (κ3) is 3.09. The number of benzene rings is 1. The van der Waals surface area contributed by atoms with Gasteiger partial charge in [-0.3, -0.25) is 0 Å². The quantitative estimate of drug-likeness (QED) is 0.750. The molecule has 0 spiro atoms. The molecule has 1 N–H and O–H groups in total. The molecule has 3 heteroatoms. The minimum Gasteiger partial charge on any atom is -0.316 e.